The van der Waals surface area contributed by atoms with Crippen LogP contribution < -0.4 is 0 Å². The predicted molar refractivity (Wildman–Crippen MR) is 107 cm³/mol. The lowest BCUT2D eigenvalue weighted by atomic mass is 9.92. The molecule has 1 aliphatic rings. The van der Waals surface area contributed by atoms with Crippen molar-refractivity contribution in [1.82, 2.24) is 4.90 Å². The van der Waals surface area contributed by atoms with Gasteiger partial charge in [-0.2, -0.15) is 0 Å². The van der Waals surface area contributed by atoms with E-state index < -0.39 is 5.60 Å². The van der Waals surface area contributed by atoms with Crippen LogP contribution >= 0.6 is 0 Å². The molecular formula is C22H35NO4. The zero-order valence-electron chi connectivity index (χ0n) is 17.0. The van der Waals surface area contributed by atoms with Crippen LogP contribution in [-0.4, -0.2) is 48.0 Å². The molecule has 1 aromatic carbocycles. The lowest BCUT2D eigenvalue weighted by Gasteiger charge is -2.33. The predicted octanol–water partition coefficient (Wildman–Crippen LogP) is 4.55. The molecule has 1 amide bonds. The van der Waals surface area contributed by atoms with E-state index in [1.165, 1.54) is 6.42 Å². The molecule has 1 atom stereocenters. The number of hydrogen-bond acceptors (Lipinski definition) is 4. The van der Waals surface area contributed by atoms with Gasteiger partial charge in [0.05, 0.1) is 6.61 Å². The van der Waals surface area contributed by atoms with E-state index in [9.17, 15) is 9.90 Å². The van der Waals surface area contributed by atoms with Gasteiger partial charge >= 0.3 is 6.09 Å². The molecule has 0 bridgehead atoms. The van der Waals surface area contributed by atoms with Gasteiger partial charge in [0.25, 0.3) is 0 Å². The van der Waals surface area contributed by atoms with E-state index in [1.807, 2.05) is 56.0 Å². The van der Waals surface area contributed by atoms with E-state index in [0.29, 0.717) is 12.5 Å². The number of nitrogens with zero attached hydrogens (tertiary/aromatic N) is 1. The normalized spacial score (nSPS) is 17.0. The van der Waals surface area contributed by atoms with Crippen molar-refractivity contribution >= 4 is 6.09 Å². The summed E-state index contributed by atoms with van der Waals surface area (Å²) in [5.74, 6) is 0.673. The van der Waals surface area contributed by atoms with Gasteiger partial charge in [-0.3, -0.25) is 0 Å². The maximum atomic E-state index is 12.1. The van der Waals surface area contributed by atoms with Crippen LogP contribution in [0, 0.1) is 5.92 Å². The summed E-state index contributed by atoms with van der Waals surface area (Å²) in [5, 5.41) is 9.51. The fourth-order valence-corrected chi connectivity index (χ4v) is 3.41. The first-order valence-corrected chi connectivity index (χ1v) is 10.1. The highest BCUT2D eigenvalue weighted by Gasteiger charge is 2.26. The molecule has 1 unspecified atom stereocenters. The van der Waals surface area contributed by atoms with Crippen LogP contribution in [0.2, 0.25) is 0 Å². The fraction of sp³-hybridized carbons (Fsp3) is 0.682. The summed E-state index contributed by atoms with van der Waals surface area (Å²) in [5.41, 5.74) is 0.592. The molecule has 0 spiro atoms. The number of piperidine rings is 1. The number of carbonyl (C=O) groups excluding carboxylic acids is 1. The Morgan fingerprint density at radius 2 is 1.85 bits per heavy atom. The number of hydrogen-bond donors (Lipinski definition) is 1. The molecule has 0 radical (unpaired) electrons. The summed E-state index contributed by atoms with van der Waals surface area (Å²) in [4.78, 5) is 13.9. The van der Waals surface area contributed by atoms with E-state index in [2.05, 4.69) is 0 Å². The summed E-state index contributed by atoms with van der Waals surface area (Å²) in [6.45, 7) is 7.95. The summed E-state index contributed by atoms with van der Waals surface area (Å²) >= 11 is 0. The van der Waals surface area contributed by atoms with Crippen molar-refractivity contribution in [3.05, 3.63) is 35.9 Å². The van der Waals surface area contributed by atoms with Crippen molar-refractivity contribution in [2.24, 2.45) is 5.92 Å². The lowest BCUT2D eigenvalue weighted by Crippen LogP contribution is -2.41. The van der Waals surface area contributed by atoms with Gasteiger partial charge in [-0.15, -0.1) is 0 Å². The van der Waals surface area contributed by atoms with Crippen molar-refractivity contribution in [2.45, 2.75) is 64.6 Å². The zero-order valence-corrected chi connectivity index (χ0v) is 17.0. The molecule has 1 N–H and O–H groups in total. The van der Waals surface area contributed by atoms with Crippen LogP contribution in [0.25, 0.3) is 0 Å². The number of likely N-dealkylation sites (tertiary alicyclic amines) is 1. The standard InChI is InChI=1S/C22H35NO4/c1-22(2,3)27-21(25)23-14-12-18(13-15-23)9-7-8-16-26-20(17-24)19-10-5-4-6-11-19/h4-6,10-11,18,20,24H,7-9,12-17H2,1-3H3. The monoisotopic (exact) mass is 377 g/mol. The Morgan fingerprint density at radius 3 is 2.44 bits per heavy atom. The third-order valence-electron chi connectivity index (χ3n) is 4.93. The number of ether oxygens (including phenoxy) is 2. The number of benzene rings is 1. The Bertz CT molecular complexity index is 547. The smallest absolute Gasteiger partial charge is 0.410 e. The minimum Gasteiger partial charge on any atom is -0.444 e. The number of unbranched alkanes of at least 4 members (excludes halogenated alkanes) is 1. The second-order valence-corrected chi connectivity index (χ2v) is 8.36. The quantitative estimate of drug-likeness (QED) is 0.675. The Labute approximate surface area is 163 Å². The summed E-state index contributed by atoms with van der Waals surface area (Å²) in [6, 6.07) is 9.86. The molecule has 5 heteroatoms. The molecule has 1 aliphatic heterocycles. The molecule has 0 aromatic heterocycles. The third kappa shape index (κ3) is 7.89. The molecular weight excluding hydrogens is 342 g/mol. The first-order chi connectivity index (χ1) is 12.9. The van der Waals surface area contributed by atoms with E-state index in [-0.39, 0.29) is 18.8 Å². The van der Waals surface area contributed by atoms with Crippen molar-refractivity contribution in [2.75, 3.05) is 26.3 Å². The molecule has 27 heavy (non-hydrogen) atoms. The van der Waals surface area contributed by atoms with Crippen LogP contribution in [0.5, 0.6) is 0 Å². The van der Waals surface area contributed by atoms with Crippen molar-refractivity contribution in [3.63, 3.8) is 0 Å². The summed E-state index contributed by atoms with van der Waals surface area (Å²) < 4.78 is 11.3. The Hall–Kier alpha value is -1.59. The van der Waals surface area contributed by atoms with Gasteiger partial charge in [-0.1, -0.05) is 43.2 Å². The van der Waals surface area contributed by atoms with Gasteiger partial charge in [0, 0.05) is 19.7 Å². The lowest BCUT2D eigenvalue weighted by molar-refractivity contribution is 0.00865. The van der Waals surface area contributed by atoms with Gasteiger partial charge in [-0.25, -0.2) is 4.79 Å². The summed E-state index contributed by atoms with van der Waals surface area (Å²) in [6.07, 6.45) is 4.95. The highest BCUT2D eigenvalue weighted by Crippen LogP contribution is 2.24. The third-order valence-corrected chi connectivity index (χ3v) is 4.93. The largest absolute Gasteiger partial charge is 0.444 e. The SMILES string of the molecule is CC(C)(C)OC(=O)N1CCC(CCCCOC(CO)c2ccccc2)CC1. The Balaban J connectivity index is 1.59. The van der Waals surface area contributed by atoms with Crippen LogP contribution in [0.15, 0.2) is 30.3 Å². The maximum absolute atomic E-state index is 12.1. The first-order valence-electron chi connectivity index (χ1n) is 10.1. The number of carbonyl (C=O) groups is 1. The van der Waals surface area contributed by atoms with Gasteiger partial charge < -0.3 is 19.5 Å². The minimum atomic E-state index is -0.430. The summed E-state index contributed by atoms with van der Waals surface area (Å²) in [7, 11) is 0. The Kier molecular flexibility index (Phi) is 8.58. The fourth-order valence-electron chi connectivity index (χ4n) is 3.41. The number of amides is 1. The van der Waals surface area contributed by atoms with E-state index >= 15 is 0 Å². The molecule has 1 aromatic rings. The van der Waals surface area contributed by atoms with E-state index in [1.54, 1.807) is 0 Å². The zero-order chi connectivity index (χ0) is 19.7. The van der Waals surface area contributed by atoms with Crippen LogP contribution in [0.1, 0.15) is 64.5 Å². The van der Waals surface area contributed by atoms with Gasteiger partial charge in [0.2, 0.25) is 0 Å². The molecule has 2 rings (SSSR count). The van der Waals surface area contributed by atoms with Gasteiger partial charge in [-0.05, 0) is 51.5 Å². The maximum Gasteiger partial charge on any atom is 0.410 e. The Morgan fingerprint density at radius 1 is 1.19 bits per heavy atom. The molecule has 1 heterocycles. The molecule has 0 saturated carbocycles. The van der Waals surface area contributed by atoms with E-state index in [4.69, 9.17) is 9.47 Å². The van der Waals surface area contributed by atoms with Crippen molar-refractivity contribution < 1.29 is 19.4 Å². The van der Waals surface area contributed by atoms with Gasteiger partial charge in [0.1, 0.15) is 11.7 Å². The van der Waals surface area contributed by atoms with Crippen LogP contribution in [-0.2, 0) is 9.47 Å². The van der Waals surface area contributed by atoms with Crippen molar-refractivity contribution in [3.8, 4) is 0 Å². The van der Waals surface area contributed by atoms with Crippen LogP contribution in [0.3, 0.4) is 0 Å². The second-order valence-electron chi connectivity index (χ2n) is 8.36. The molecule has 1 fully saturated rings. The van der Waals surface area contributed by atoms with E-state index in [0.717, 1.165) is 44.3 Å². The number of rotatable bonds is 8. The highest BCUT2D eigenvalue weighted by atomic mass is 16.6. The molecule has 0 aliphatic carbocycles. The van der Waals surface area contributed by atoms with Crippen molar-refractivity contribution in [1.29, 1.82) is 0 Å². The average molecular weight is 378 g/mol. The topological polar surface area (TPSA) is 59.0 Å². The van der Waals surface area contributed by atoms with Crippen LogP contribution in [0.4, 0.5) is 4.79 Å². The molecule has 5 nitrogen and oxygen atoms in total. The minimum absolute atomic E-state index is 0.00708. The molecule has 1 saturated heterocycles. The second kappa shape index (κ2) is 10.7. The first kappa shape index (κ1) is 21.7. The molecule has 152 valence electrons. The highest BCUT2D eigenvalue weighted by molar-refractivity contribution is 5.68. The average Bonchev–Trinajstić information content (AvgIpc) is 2.64. The number of aliphatic hydroxyl groups is 1. The number of aliphatic hydroxyl groups excluding tert-OH is 1. The van der Waals surface area contributed by atoms with Gasteiger partial charge in [0.15, 0.2) is 0 Å².